The van der Waals surface area contributed by atoms with E-state index in [1.165, 1.54) is 0 Å². The predicted octanol–water partition coefficient (Wildman–Crippen LogP) is 2.24. The van der Waals surface area contributed by atoms with E-state index >= 15 is 0 Å². The maximum Gasteiger partial charge on any atom is 0.410 e. The molecule has 0 aromatic rings. The van der Waals surface area contributed by atoms with Crippen LogP contribution in [0.2, 0.25) is 0 Å². The van der Waals surface area contributed by atoms with E-state index in [-0.39, 0.29) is 23.3 Å². The van der Waals surface area contributed by atoms with Gasteiger partial charge in [0.05, 0.1) is 0 Å². The number of fused-ring (bicyclic) bond motifs is 1. The van der Waals surface area contributed by atoms with E-state index in [4.69, 9.17) is 9.53 Å². The van der Waals surface area contributed by atoms with Gasteiger partial charge in [-0.15, -0.1) is 0 Å². The number of rotatable bonds is 1. The van der Waals surface area contributed by atoms with Crippen molar-refractivity contribution in [3.63, 3.8) is 0 Å². The third kappa shape index (κ3) is 2.27. The van der Waals surface area contributed by atoms with Gasteiger partial charge in [-0.3, -0.25) is 4.79 Å². The minimum atomic E-state index is -0.850. The number of carbonyl (C=O) groups is 2. The summed E-state index contributed by atoms with van der Waals surface area (Å²) >= 11 is 0. The molecule has 2 N–H and O–H groups in total. The first kappa shape index (κ1) is 15.6. The molecule has 1 spiro atoms. The molecule has 0 bridgehead atoms. The number of hydrogen-bond donors (Lipinski definition) is 1. The van der Waals surface area contributed by atoms with Crippen molar-refractivity contribution in [1.29, 1.82) is 0 Å². The highest BCUT2D eigenvalue weighted by Crippen LogP contribution is 2.88. The first-order valence-corrected chi connectivity index (χ1v) is 7.94. The SMILES string of the molecule is CC(C)(C)OC(=O)N1CC(C23CC2(F)C3)C2(CC2)C1.NC=O. The van der Waals surface area contributed by atoms with E-state index in [1.54, 1.807) is 0 Å². The summed E-state index contributed by atoms with van der Waals surface area (Å²) in [5.74, 6) is 0.387. The van der Waals surface area contributed by atoms with Crippen molar-refractivity contribution in [2.24, 2.45) is 22.5 Å². The van der Waals surface area contributed by atoms with Crippen LogP contribution in [-0.2, 0) is 9.53 Å². The van der Waals surface area contributed by atoms with E-state index in [2.05, 4.69) is 5.73 Å². The Morgan fingerprint density at radius 3 is 2.23 bits per heavy atom. The van der Waals surface area contributed by atoms with Crippen LogP contribution in [0.1, 0.15) is 46.5 Å². The molecule has 2 amide bonds. The van der Waals surface area contributed by atoms with E-state index in [1.807, 2.05) is 25.7 Å². The number of halogens is 1. The summed E-state index contributed by atoms with van der Waals surface area (Å²) in [5.41, 5.74) is 3.06. The Bertz CT molecular complexity index is 504. The normalized spacial score (nSPS) is 39.5. The van der Waals surface area contributed by atoms with Crippen LogP contribution < -0.4 is 5.73 Å². The van der Waals surface area contributed by atoms with Crippen molar-refractivity contribution in [2.45, 2.75) is 57.7 Å². The second-order valence-electron chi connectivity index (χ2n) is 8.39. The lowest BCUT2D eigenvalue weighted by Gasteiger charge is -2.24. The van der Waals surface area contributed by atoms with Crippen LogP contribution in [0, 0.1) is 16.7 Å². The molecule has 4 fully saturated rings. The van der Waals surface area contributed by atoms with Gasteiger partial charge in [0, 0.05) is 18.5 Å². The molecule has 4 aliphatic rings. The van der Waals surface area contributed by atoms with Crippen molar-refractivity contribution in [3.8, 4) is 0 Å². The lowest BCUT2D eigenvalue weighted by Crippen LogP contribution is -2.35. The molecule has 3 aliphatic carbocycles. The van der Waals surface area contributed by atoms with Gasteiger partial charge >= 0.3 is 6.09 Å². The molecule has 1 heterocycles. The predicted molar refractivity (Wildman–Crippen MR) is 78.7 cm³/mol. The average Bonchev–Trinajstić information content (AvgIpc) is 3.21. The second kappa shape index (κ2) is 4.36. The van der Waals surface area contributed by atoms with Gasteiger partial charge in [0.15, 0.2) is 0 Å². The first-order valence-electron chi connectivity index (χ1n) is 7.94. The largest absolute Gasteiger partial charge is 0.444 e. The lowest BCUT2D eigenvalue weighted by atomic mass is 9.84. The summed E-state index contributed by atoms with van der Waals surface area (Å²) in [4.78, 5) is 22.6. The number of alkyl halides is 1. The smallest absolute Gasteiger partial charge is 0.410 e. The fraction of sp³-hybridized carbons (Fsp3) is 0.875. The van der Waals surface area contributed by atoms with Crippen LogP contribution in [0.4, 0.5) is 9.18 Å². The molecule has 1 atom stereocenters. The Morgan fingerprint density at radius 2 is 1.86 bits per heavy atom. The minimum Gasteiger partial charge on any atom is -0.444 e. The minimum absolute atomic E-state index is 0.0414. The maximum absolute atomic E-state index is 14.0. The number of nitrogens with two attached hydrogens (primary N) is 1. The molecule has 0 aromatic heterocycles. The highest BCUT2D eigenvalue weighted by Gasteiger charge is 2.90. The van der Waals surface area contributed by atoms with Crippen molar-refractivity contribution >= 4 is 12.5 Å². The topological polar surface area (TPSA) is 72.6 Å². The summed E-state index contributed by atoms with van der Waals surface area (Å²) in [5, 5.41) is 0. The highest BCUT2D eigenvalue weighted by atomic mass is 19.1. The Balaban J connectivity index is 0.000000446. The zero-order valence-electron chi connectivity index (χ0n) is 13.5. The molecule has 6 heteroatoms. The van der Waals surface area contributed by atoms with Crippen molar-refractivity contribution in [2.75, 3.05) is 13.1 Å². The fourth-order valence-electron chi connectivity index (χ4n) is 4.28. The van der Waals surface area contributed by atoms with Gasteiger partial charge in [-0.05, 0) is 57.8 Å². The van der Waals surface area contributed by atoms with Gasteiger partial charge in [0.1, 0.15) is 11.3 Å². The molecule has 1 unspecified atom stereocenters. The zero-order valence-corrected chi connectivity index (χ0v) is 13.5. The zero-order chi connectivity index (χ0) is 16.4. The van der Waals surface area contributed by atoms with Gasteiger partial charge < -0.3 is 15.4 Å². The summed E-state index contributed by atoms with van der Waals surface area (Å²) in [6.07, 6.45) is 3.84. The molecule has 3 saturated carbocycles. The van der Waals surface area contributed by atoms with Crippen LogP contribution in [0.3, 0.4) is 0 Å². The third-order valence-corrected chi connectivity index (χ3v) is 5.69. The van der Waals surface area contributed by atoms with Crippen molar-refractivity contribution < 1.29 is 18.7 Å². The molecule has 4 rings (SSSR count). The Morgan fingerprint density at radius 1 is 1.36 bits per heavy atom. The van der Waals surface area contributed by atoms with Gasteiger partial charge in [-0.1, -0.05) is 0 Å². The quantitative estimate of drug-likeness (QED) is 0.755. The van der Waals surface area contributed by atoms with E-state index in [0.717, 1.165) is 32.2 Å². The monoisotopic (exact) mass is 312 g/mol. The Labute approximate surface area is 130 Å². The van der Waals surface area contributed by atoms with Crippen LogP contribution in [0.25, 0.3) is 0 Å². The van der Waals surface area contributed by atoms with Crippen molar-refractivity contribution in [3.05, 3.63) is 0 Å². The molecule has 124 valence electrons. The third-order valence-electron chi connectivity index (χ3n) is 5.69. The van der Waals surface area contributed by atoms with Gasteiger partial charge in [-0.25, -0.2) is 9.18 Å². The van der Waals surface area contributed by atoms with E-state index in [9.17, 15) is 9.18 Å². The summed E-state index contributed by atoms with van der Waals surface area (Å²) in [7, 11) is 0. The molecule has 0 aromatic carbocycles. The number of ether oxygens (including phenoxy) is 1. The molecule has 1 saturated heterocycles. The molecule has 22 heavy (non-hydrogen) atoms. The second-order valence-corrected chi connectivity index (χ2v) is 8.39. The number of nitrogens with zero attached hydrogens (tertiary/aromatic N) is 1. The lowest BCUT2D eigenvalue weighted by molar-refractivity contribution is -0.106. The number of carbonyl (C=O) groups excluding carboxylic acids is 2. The van der Waals surface area contributed by atoms with Crippen LogP contribution in [-0.4, -0.2) is 41.8 Å². The molecule has 5 nitrogen and oxygen atoms in total. The Hall–Kier alpha value is -1.33. The summed E-state index contributed by atoms with van der Waals surface area (Å²) in [6, 6.07) is 0. The maximum atomic E-state index is 14.0. The number of amides is 2. The van der Waals surface area contributed by atoms with Crippen molar-refractivity contribution in [1.82, 2.24) is 4.90 Å². The summed E-state index contributed by atoms with van der Waals surface area (Å²) in [6.45, 7) is 7.15. The van der Waals surface area contributed by atoms with Gasteiger partial charge in [0.2, 0.25) is 6.41 Å². The number of likely N-dealkylation sites (tertiary alicyclic amines) is 1. The first-order chi connectivity index (χ1) is 10.1. The van der Waals surface area contributed by atoms with Crippen LogP contribution in [0.5, 0.6) is 0 Å². The number of primary amides is 1. The molecule has 0 radical (unpaired) electrons. The Kier molecular flexibility index (Phi) is 3.08. The van der Waals surface area contributed by atoms with E-state index in [0.29, 0.717) is 12.5 Å². The van der Waals surface area contributed by atoms with Crippen LogP contribution >= 0.6 is 0 Å². The highest BCUT2D eigenvalue weighted by molar-refractivity contribution is 5.69. The van der Waals surface area contributed by atoms with Crippen LogP contribution in [0.15, 0.2) is 0 Å². The van der Waals surface area contributed by atoms with Gasteiger partial charge in [-0.2, -0.15) is 0 Å². The molecular formula is C16H25FN2O3. The molecular weight excluding hydrogens is 287 g/mol. The summed E-state index contributed by atoms with van der Waals surface area (Å²) < 4.78 is 19.5. The average molecular weight is 312 g/mol. The van der Waals surface area contributed by atoms with E-state index < -0.39 is 11.3 Å². The molecule has 1 aliphatic heterocycles. The number of hydrogen-bond acceptors (Lipinski definition) is 3. The van der Waals surface area contributed by atoms with Gasteiger partial charge in [0.25, 0.3) is 0 Å². The fourth-order valence-corrected chi connectivity index (χ4v) is 4.28. The standard InChI is InChI=1S/C15H22FNO2.CH3NO/c1-12(2,3)19-11(18)17-6-10(13(9-17)4-5-13)14-7-15(14,16)8-14;2-1-3/h10H,4-9H2,1-3H3;1H,(H2,2,3).